The first-order valence-electron chi connectivity index (χ1n) is 9.26. The van der Waals surface area contributed by atoms with Gasteiger partial charge in [0.25, 0.3) is 5.91 Å². The average molecular weight is 363 g/mol. The average Bonchev–Trinajstić information content (AvgIpc) is 2.62. The minimum absolute atomic E-state index is 0.161. The number of amides is 1. The molecule has 1 aromatic carbocycles. The number of rotatable bonds is 7. The first-order chi connectivity index (χ1) is 12.5. The Morgan fingerprint density at radius 2 is 2.04 bits per heavy atom. The van der Waals surface area contributed by atoms with Gasteiger partial charge in [-0.2, -0.15) is 0 Å². The monoisotopic (exact) mass is 363 g/mol. The normalized spacial score (nSPS) is 22.5. The second kappa shape index (κ2) is 9.03. The van der Waals surface area contributed by atoms with E-state index in [1.165, 1.54) is 7.11 Å². The zero-order valence-corrected chi connectivity index (χ0v) is 16.1. The van der Waals surface area contributed by atoms with Crippen molar-refractivity contribution < 1.29 is 23.8 Å². The SMILES string of the molecule is CCOC(=O)c1cc(NC(=O)[C@]2(OCC)CCC[C@H](C)C2)ccc1OC. The highest BCUT2D eigenvalue weighted by atomic mass is 16.5. The van der Waals surface area contributed by atoms with Gasteiger partial charge in [-0.1, -0.05) is 13.3 Å². The van der Waals surface area contributed by atoms with Gasteiger partial charge in [0.05, 0.1) is 13.7 Å². The van der Waals surface area contributed by atoms with Crippen LogP contribution in [0, 0.1) is 5.92 Å². The lowest BCUT2D eigenvalue weighted by atomic mass is 9.78. The fourth-order valence-electron chi connectivity index (χ4n) is 3.58. The molecule has 144 valence electrons. The molecule has 0 radical (unpaired) electrons. The highest BCUT2D eigenvalue weighted by molar-refractivity contribution is 5.99. The standard InChI is InChI=1S/C20H29NO5/c1-5-25-18(22)16-12-15(9-10-17(16)24-4)21-19(23)20(26-6-2)11-7-8-14(3)13-20/h9-10,12,14H,5-8,11,13H2,1-4H3,(H,21,23)/t14-,20-/m0/s1. The molecule has 1 fully saturated rings. The Morgan fingerprint density at radius 1 is 1.27 bits per heavy atom. The lowest BCUT2D eigenvalue weighted by Gasteiger charge is -2.38. The number of anilines is 1. The van der Waals surface area contributed by atoms with Crippen LogP contribution in [-0.4, -0.2) is 37.8 Å². The third-order valence-corrected chi connectivity index (χ3v) is 4.74. The van der Waals surface area contributed by atoms with Crippen molar-refractivity contribution in [2.45, 2.75) is 52.1 Å². The van der Waals surface area contributed by atoms with Gasteiger partial charge in [-0.15, -0.1) is 0 Å². The summed E-state index contributed by atoms with van der Waals surface area (Å²) in [7, 11) is 1.49. The van der Waals surface area contributed by atoms with Crippen molar-refractivity contribution in [2.24, 2.45) is 5.92 Å². The first-order valence-corrected chi connectivity index (χ1v) is 9.26. The molecular formula is C20H29NO5. The number of methoxy groups -OCH3 is 1. The summed E-state index contributed by atoms with van der Waals surface area (Å²) in [5, 5.41) is 2.92. The summed E-state index contributed by atoms with van der Waals surface area (Å²) in [5.74, 6) is 0.205. The van der Waals surface area contributed by atoms with Gasteiger partial charge in [-0.25, -0.2) is 4.79 Å². The van der Waals surface area contributed by atoms with E-state index in [1.54, 1.807) is 25.1 Å². The summed E-state index contributed by atoms with van der Waals surface area (Å²) in [4.78, 5) is 25.1. The van der Waals surface area contributed by atoms with Crippen LogP contribution in [0.25, 0.3) is 0 Å². The number of benzene rings is 1. The second-order valence-electron chi connectivity index (χ2n) is 6.72. The Morgan fingerprint density at radius 3 is 2.65 bits per heavy atom. The van der Waals surface area contributed by atoms with Crippen molar-refractivity contribution in [1.82, 2.24) is 0 Å². The molecular weight excluding hydrogens is 334 g/mol. The maximum absolute atomic E-state index is 13.0. The molecule has 0 spiro atoms. The highest BCUT2D eigenvalue weighted by Gasteiger charge is 2.42. The number of hydrogen-bond donors (Lipinski definition) is 1. The summed E-state index contributed by atoms with van der Waals surface area (Å²) in [5.41, 5.74) is 0.00182. The predicted molar refractivity (Wildman–Crippen MR) is 99.6 cm³/mol. The van der Waals surface area contributed by atoms with Crippen LogP contribution in [0.3, 0.4) is 0 Å². The Bertz CT molecular complexity index is 641. The molecule has 0 bridgehead atoms. The summed E-state index contributed by atoms with van der Waals surface area (Å²) in [6.45, 7) is 6.54. The largest absolute Gasteiger partial charge is 0.496 e. The molecule has 0 aliphatic heterocycles. The van der Waals surface area contributed by atoms with Gasteiger partial charge in [0.1, 0.15) is 16.9 Å². The molecule has 0 unspecified atom stereocenters. The van der Waals surface area contributed by atoms with Crippen LogP contribution in [-0.2, 0) is 14.3 Å². The Kier molecular flexibility index (Phi) is 7.03. The molecule has 1 aliphatic rings. The molecule has 6 heteroatoms. The molecule has 0 saturated heterocycles. The van der Waals surface area contributed by atoms with Crippen LogP contribution in [0.15, 0.2) is 18.2 Å². The van der Waals surface area contributed by atoms with Crippen molar-refractivity contribution >= 4 is 17.6 Å². The van der Waals surface area contributed by atoms with Crippen LogP contribution in [0.2, 0.25) is 0 Å². The first kappa shape index (κ1) is 20.2. The maximum Gasteiger partial charge on any atom is 0.341 e. The van der Waals surface area contributed by atoms with Gasteiger partial charge < -0.3 is 19.5 Å². The number of esters is 1. The van der Waals surface area contributed by atoms with Crippen LogP contribution < -0.4 is 10.1 Å². The number of nitrogens with one attached hydrogen (secondary N) is 1. The lowest BCUT2D eigenvalue weighted by Crippen LogP contribution is -2.48. The van der Waals surface area contributed by atoms with E-state index >= 15 is 0 Å². The Labute approximate surface area is 155 Å². The van der Waals surface area contributed by atoms with Crippen molar-refractivity contribution in [2.75, 3.05) is 25.6 Å². The van der Waals surface area contributed by atoms with Crippen LogP contribution in [0.1, 0.15) is 56.8 Å². The maximum atomic E-state index is 13.0. The minimum Gasteiger partial charge on any atom is -0.496 e. The van der Waals surface area contributed by atoms with E-state index in [4.69, 9.17) is 14.2 Å². The number of hydrogen-bond acceptors (Lipinski definition) is 5. The van der Waals surface area contributed by atoms with Crippen molar-refractivity contribution in [3.8, 4) is 5.75 Å². The number of carbonyl (C=O) groups excluding carboxylic acids is 2. The molecule has 0 aromatic heterocycles. The van der Waals surface area contributed by atoms with Gasteiger partial charge in [0.15, 0.2) is 0 Å². The van der Waals surface area contributed by atoms with E-state index in [-0.39, 0.29) is 18.1 Å². The minimum atomic E-state index is -0.809. The lowest BCUT2D eigenvalue weighted by molar-refractivity contribution is -0.147. The second-order valence-corrected chi connectivity index (χ2v) is 6.72. The van der Waals surface area contributed by atoms with E-state index < -0.39 is 11.6 Å². The van der Waals surface area contributed by atoms with Gasteiger partial charge in [-0.05, 0) is 57.2 Å². The summed E-state index contributed by atoms with van der Waals surface area (Å²) >= 11 is 0. The molecule has 1 saturated carbocycles. The van der Waals surface area contributed by atoms with Gasteiger partial charge >= 0.3 is 5.97 Å². The molecule has 2 rings (SSSR count). The predicted octanol–water partition coefficient (Wildman–Crippen LogP) is 3.80. The van der Waals surface area contributed by atoms with Crippen molar-refractivity contribution in [3.63, 3.8) is 0 Å². The van der Waals surface area contributed by atoms with Crippen LogP contribution >= 0.6 is 0 Å². The molecule has 26 heavy (non-hydrogen) atoms. The van der Waals surface area contributed by atoms with Gasteiger partial charge in [-0.3, -0.25) is 4.79 Å². The molecule has 6 nitrogen and oxygen atoms in total. The highest BCUT2D eigenvalue weighted by Crippen LogP contribution is 2.36. The smallest absolute Gasteiger partial charge is 0.341 e. The van der Waals surface area contributed by atoms with Crippen LogP contribution in [0.4, 0.5) is 5.69 Å². The quantitative estimate of drug-likeness (QED) is 0.746. The topological polar surface area (TPSA) is 73.9 Å². The van der Waals surface area contributed by atoms with Gasteiger partial charge in [0, 0.05) is 12.3 Å². The van der Waals surface area contributed by atoms with E-state index in [9.17, 15) is 9.59 Å². The molecule has 0 heterocycles. The van der Waals surface area contributed by atoms with E-state index in [0.717, 1.165) is 12.8 Å². The Balaban J connectivity index is 2.24. The van der Waals surface area contributed by atoms with E-state index in [1.807, 2.05) is 6.92 Å². The third kappa shape index (κ3) is 4.55. The number of carbonyl (C=O) groups is 2. The number of ether oxygens (including phenoxy) is 3. The molecule has 1 aromatic rings. The van der Waals surface area contributed by atoms with Gasteiger partial charge in [0.2, 0.25) is 0 Å². The molecule has 1 aliphatic carbocycles. The summed E-state index contributed by atoms with van der Waals surface area (Å²) in [6, 6.07) is 4.95. The third-order valence-electron chi connectivity index (χ3n) is 4.74. The van der Waals surface area contributed by atoms with E-state index in [2.05, 4.69) is 12.2 Å². The van der Waals surface area contributed by atoms with Crippen LogP contribution in [0.5, 0.6) is 5.75 Å². The zero-order chi connectivity index (χ0) is 19.2. The fourth-order valence-corrected chi connectivity index (χ4v) is 3.58. The Hall–Kier alpha value is -2.08. The van der Waals surface area contributed by atoms with E-state index in [0.29, 0.717) is 36.8 Å². The van der Waals surface area contributed by atoms with Crippen molar-refractivity contribution in [3.05, 3.63) is 23.8 Å². The summed E-state index contributed by atoms with van der Waals surface area (Å²) < 4.78 is 16.2. The molecule has 1 amide bonds. The molecule has 2 atom stereocenters. The fraction of sp³-hybridized carbons (Fsp3) is 0.600. The summed E-state index contributed by atoms with van der Waals surface area (Å²) in [6.07, 6.45) is 3.48. The van der Waals surface area contributed by atoms with Crippen molar-refractivity contribution in [1.29, 1.82) is 0 Å². The molecule has 1 N–H and O–H groups in total. The zero-order valence-electron chi connectivity index (χ0n) is 16.1.